The van der Waals surface area contributed by atoms with E-state index in [-0.39, 0.29) is 35.7 Å². The van der Waals surface area contributed by atoms with E-state index in [1.165, 1.54) is 0 Å². The standard InChI is InChI=1S/C24H31N3O3/c1-3-5-13-27-23(16-9-8-10-17(15-16)30-14-4-2)20-21(25-26-22(20)24(27)29)18-11-6-7-12-19(18)28/h6-12,15,20-23,25-26,28H,3-5,13-14H2,1-2H3. The fourth-order valence-electron chi connectivity index (χ4n) is 4.70. The summed E-state index contributed by atoms with van der Waals surface area (Å²) < 4.78 is 5.87. The monoisotopic (exact) mass is 409 g/mol. The molecule has 3 N–H and O–H groups in total. The highest BCUT2D eigenvalue weighted by molar-refractivity contribution is 5.86. The molecule has 2 saturated heterocycles. The second-order valence-corrected chi connectivity index (χ2v) is 8.13. The molecule has 0 saturated carbocycles. The number of carbonyl (C=O) groups is 1. The molecule has 2 heterocycles. The van der Waals surface area contributed by atoms with Gasteiger partial charge in [0.2, 0.25) is 5.91 Å². The highest BCUT2D eigenvalue weighted by Crippen LogP contribution is 2.48. The van der Waals surface area contributed by atoms with Gasteiger partial charge in [-0.05, 0) is 36.6 Å². The van der Waals surface area contributed by atoms with Crippen molar-refractivity contribution in [2.75, 3.05) is 13.2 Å². The minimum Gasteiger partial charge on any atom is -0.508 e. The van der Waals surface area contributed by atoms with Crippen LogP contribution in [0.4, 0.5) is 0 Å². The molecule has 6 heteroatoms. The molecule has 4 atom stereocenters. The zero-order chi connectivity index (χ0) is 21.1. The van der Waals surface area contributed by atoms with E-state index in [0.29, 0.717) is 6.61 Å². The summed E-state index contributed by atoms with van der Waals surface area (Å²) in [4.78, 5) is 15.3. The number of benzene rings is 2. The Balaban J connectivity index is 1.73. The number of fused-ring (bicyclic) bond motifs is 1. The molecule has 4 unspecified atom stereocenters. The first-order valence-corrected chi connectivity index (χ1v) is 11.0. The van der Waals surface area contributed by atoms with Crippen LogP contribution in [-0.4, -0.2) is 35.1 Å². The molecule has 0 bridgehead atoms. The molecule has 6 nitrogen and oxygen atoms in total. The minimum atomic E-state index is -0.323. The van der Waals surface area contributed by atoms with Gasteiger partial charge < -0.3 is 14.7 Å². The van der Waals surface area contributed by atoms with Crippen LogP contribution in [0.1, 0.15) is 56.3 Å². The molecule has 4 rings (SSSR count). The van der Waals surface area contributed by atoms with Crippen LogP contribution in [0.3, 0.4) is 0 Å². The van der Waals surface area contributed by atoms with Gasteiger partial charge in [-0.15, -0.1) is 0 Å². The van der Waals surface area contributed by atoms with Crippen molar-refractivity contribution in [1.29, 1.82) is 0 Å². The number of carbonyl (C=O) groups excluding carboxylic acids is 1. The number of aromatic hydroxyl groups is 1. The molecule has 2 fully saturated rings. The quantitative estimate of drug-likeness (QED) is 0.620. The second kappa shape index (κ2) is 9.06. The number of rotatable bonds is 8. The van der Waals surface area contributed by atoms with Gasteiger partial charge in [-0.3, -0.25) is 4.79 Å². The summed E-state index contributed by atoms with van der Waals surface area (Å²) in [6.07, 6.45) is 2.94. The maximum atomic E-state index is 13.3. The molecule has 2 aromatic carbocycles. The van der Waals surface area contributed by atoms with Crippen LogP contribution in [0.25, 0.3) is 0 Å². The first-order chi connectivity index (χ1) is 14.7. The summed E-state index contributed by atoms with van der Waals surface area (Å²) in [7, 11) is 0. The Hall–Kier alpha value is -2.57. The van der Waals surface area contributed by atoms with Crippen LogP contribution in [0, 0.1) is 5.92 Å². The highest BCUT2D eigenvalue weighted by atomic mass is 16.5. The van der Waals surface area contributed by atoms with Crippen molar-refractivity contribution in [3.8, 4) is 11.5 Å². The molecule has 0 spiro atoms. The molecule has 2 aromatic rings. The van der Waals surface area contributed by atoms with Crippen LogP contribution >= 0.6 is 0 Å². The second-order valence-electron chi connectivity index (χ2n) is 8.13. The highest BCUT2D eigenvalue weighted by Gasteiger charge is 2.55. The molecule has 1 amide bonds. The molecule has 0 aliphatic carbocycles. The third-order valence-corrected chi connectivity index (χ3v) is 6.11. The predicted octanol–water partition coefficient (Wildman–Crippen LogP) is 3.70. The summed E-state index contributed by atoms with van der Waals surface area (Å²) in [5, 5.41) is 10.5. The molecule has 160 valence electrons. The topological polar surface area (TPSA) is 73.8 Å². The Morgan fingerprint density at radius 2 is 1.83 bits per heavy atom. The zero-order valence-electron chi connectivity index (χ0n) is 17.7. The van der Waals surface area contributed by atoms with Crippen molar-refractivity contribution in [2.24, 2.45) is 5.92 Å². The van der Waals surface area contributed by atoms with E-state index < -0.39 is 0 Å². The number of phenols is 1. The number of nitrogens with one attached hydrogen (secondary N) is 2. The van der Waals surface area contributed by atoms with Crippen molar-refractivity contribution in [1.82, 2.24) is 15.8 Å². The lowest BCUT2D eigenvalue weighted by atomic mass is 9.83. The van der Waals surface area contributed by atoms with E-state index in [4.69, 9.17) is 4.74 Å². The van der Waals surface area contributed by atoms with Crippen LogP contribution in [0.2, 0.25) is 0 Å². The summed E-state index contributed by atoms with van der Waals surface area (Å²) in [5.41, 5.74) is 8.38. The van der Waals surface area contributed by atoms with E-state index in [0.717, 1.165) is 42.7 Å². The summed E-state index contributed by atoms with van der Waals surface area (Å²) in [6.45, 7) is 5.62. The van der Waals surface area contributed by atoms with E-state index in [9.17, 15) is 9.90 Å². The van der Waals surface area contributed by atoms with Gasteiger partial charge in [0.05, 0.1) is 18.7 Å². The lowest BCUT2D eigenvalue weighted by Crippen LogP contribution is -2.41. The Morgan fingerprint density at radius 1 is 1.03 bits per heavy atom. The maximum absolute atomic E-state index is 13.3. The molecule has 0 radical (unpaired) electrons. The van der Waals surface area contributed by atoms with Crippen LogP contribution in [0.15, 0.2) is 48.5 Å². The third-order valence-electron chi connectivity index (χ3n) is 6.11. The molecule has 2 aliphatic rings. The number of hydrazine groups is 1. The lowest BCUT2D eigenvalue weighted by Gasteiger charge is -2.31. The number of para-hydroxylation sites is 1. The molecular weight excluding hydrogens is 378 g/mol. The van der Waals surface area contributed by atoms with Crippen LogP contribution in [0.5, 0.6) is 11.5 Å². The van der Waals surface area contributed by atoms with Crippen molar-refractivity contribution in [3.63, 3.8) is 0 Å². The number of nitrogens with zero attached hydrogens (tertiary/aromatic N) is 1. The SMILES string of the molecule is CCCCN1C(=O)C2NNC(c3ccccc3O)C2C1c1cccc(OCCC)c1. The van der Waals surface area contributed by atoms with Crippen molar-refractivity contribution in [3.05, 3.63) is 59.7 Å². The average Bonchev–Trinajstić information content (AvgIpc) is 3.30. The average molecular weight is 410 g/mol. The number of hydrogen-bond acceptors (Lipinski definition) is 5. The van der Waals surface area contributed by atoms with Gasteiger partial charge in [-0.1, -0.05) is 50.6 Å². The first kappa shape index (κ1) is 20.7. The minimum absolute atomic E-state index is 0.0379. The number of ether oxygens (including phenoxy) is 1. The Bertz CT molecular complexity index is 888. The van der Waals surface area contributed by atoms with Crippen LogP contribution < -0.4 is 15.6 Å². The van der Waals surface area contributed by atoms with Gasteiger partial charge in [-0.2, -0.15) is 0 Å². The number of hydrogen-bond donors (Lipinski definition) is 3. The Labute approximate surface area is 178 Å². The molecule has 2 aliphatic heterocycles. The number of phenolic OH excluding ortho intramolecular Hbond substituents is 1. The zero-order valence-corrected chi connectivity index (χ0v) is 17.7. The van der Waals surface area contributed by atoms with E-state index >= 15 is 0 Å². The van der Waals surface area contributed by atoms with Crippen molar-refractivity contribution < 1.29 is 14.6 Å². The fourth-order valence-corrected chi connectivity index (χ4v) is 4.70. The lowest BCUT2D eigenvalue weighted by molar-refractivity contribution is -0.130. The molecular formula is C24H31N3O3. The van der Waals surface area contributed by atoms with Gasteiger partial charge in [0, 0.05) is 18.0 Å². The van der Waals surface area contributed by atoms with Gasteiger partial charge in [0.1, 0.15) is 17.5 Å². The van der Waals surface area contributed by atoms with Gasteiger partial charge in [0.25, 0.3) is 0 Å². The van der Waals surface area contributed by atoms with Gasteiger partial charge in [-0.25, -0.2) is 10.9 Å². The van der Waals surface area contributed by atoms with Crippen molar-refractivity contribution in [2.45, 2.75) is 51.2 Å². The predicted molar refractivity (Wildman–Crippen MR) is 116 cm³/mol. The molecule has 30 heavy (non-hydrogen) atoms. The van der Waals surface area contributed by atoms with Gasteiger partial charge >= 0.3 is 0 Å². The first-order valence-electron chi connectivity index (χ1n) is 11.0. The van der Waals surface area contributed by atoms with E-state index in [1.807, 2.05) is 35.2 Å². The van der Waals surface area contributed by atoms with Gasteiger partial charge in [0.15, 0.2) is 0 Å². The Morgan fingerprint density at radius 3 is 2.60 bits per heavy atom. The fraction of sp³-hybridized carbons (Fsp3) is 0.458. The third kappa shape index (κ3) is 3.77. The number of amides is 1. The Kier molecular flexibility index (Phi) is 6.25. The van der Waals surface area contributed by atoms with E-state index in [2.05, 4.69) is 36.8 Å². The molecule has 0 aromatic heterocycles. The smallest absolute Gasteiger partial charge is 0.242 e. The normalized spacial score (nSPS) is 25.5. The summed E-state index contributed by atoms with van der Waals surface area (Å²) >= 11 is 0. The maximum Gasteiger partial charge on any atom is 0.242 e. The number of unbranched alkanes of at least 4 members (excludes halogenated alkanes) is 1. The summed E-state index contributed by atoms with van der Waals surface area (Å²) in [5.74, 6) is 1.15. The van der Waals surface area contributed by atoms with E-state index in [1.54, 1.807) is 6.07 Å². The van der Waals surface area contributed by atoms with Crippen LogP contribution in [-0.2, 0) is 4.79 Å². The largest absolute Gasteiger partial charge is 0.508 e. The number of likely N-dealkylation sites (tertiary alicyclic amines) is 1. The summed E-state index contributed by atoms with van der Waals surface area (Å²) in [6, 6.07) is 14.9. The van der Waals surface area contributed by atoms with Crippen molar-refractivity contribution >= 4 is 5.91 Å².